The van der Waals surface area contributed by atoms with Gasteiger partial charge in [-0.3, -0.25) is 0 Å². The Morgan fingerprint density at radius 2 is 2.17 bits per heavy atom. The lowest BCUT2D eigenvalue weighted by Gasteiger charge is -2.04. The minimum atomic E-state index is -0.248. The summed E-state index contributed by atoms with van der Waals surface area (Å²) in [5.74, 6) is 0.0662. The second kappa shape index (κ2) is 3.24. The quantitative estimate of drug-likeness (QED) is 0.650. The van der Waals surface area contributed by atoms with Crippen molar-refractivity contribution in [2.24, 2.45) is 0 Å². The van der Waals surface area contributed by atoms with Gasteiger partial charge >= 0.3 is 0 Å². The number of aromatic hydroxyl groups is 1. The van der Waals surface area contributed by atoms with E-state index in [4.69, 9.17) is 10.4 Å². The monoisotopic (exact) mass is 163 g/mol. The van der Waals surface area contributed by atoms with Crippen molar-refractivity contribution in [3.8, 4) is 11.8 Å². The number of nitriles is 1. The van der Waals surface area contributed by atoms with Gasteiger partial charge in [0.25, 0.3) is 0 Å². The third-order valence-electron chi connectivity index (χ3n) is 1.68. The van der Waals surface area contributed by atoms with E-state index in [9.17, 15) is 5.11 Å². The van der Waals surface area contributed by atoms with Crippen LogP contribution >= 0.6 is 0 Å². The van der Waals surface area contributed by atoms with E-state index in [1.54, 1.807) is 13.0 Å². The predicted molar refractivity (Wildman–Crippen MR) is 43.5 cm³/mol. The summed E-state index contributed by atoms with van der Waals surface area (Å²) in [5.41, 5.74) is 1.46. The van der Waals surface area contributed by atoms with E-state index in [1.807, 2.05) is 6.07 Å². The van der Waals surface area contributed by atoms with Gasteiger partial charge in [0.2, 0.25) is 0 Å². The Labute approximate surface area is 70.5 Å². The third kappa shape index (κ3) is 1.39. The number of benzene rings is 1. The summed E-state index contributed by atoms with van der Waals surface area (Å²) in [6, 6.07) is 5.00. The molecule has 1 aromatic rings. The van der Waals surface area contributed by atoms with E-state index in [0.717, 1.165) is 0 Å². The molecule has 0 aliphatic heterocycles. The Kier molecular flexibility index (Phi) is 2.32. The summed E-state index contributed by atoms with van der Waals surface area (Å²) in [6.45, 7) is 1.44. The van der Waals surface area contributed by atoms with Crippen LogP contribution < -0.4 is 0 Å². The van der Waals surface area contributed by atoms with Crippen molar-refractivity contribution in [3.63, 3.8) is 0 Å². The van der Waals surface area contributed by atoms with E-state index >= 15 is 0 Å². The first kappa shape index (κ1) is 8.57. The van der Waals surface area contributed by atoms with Crippen LogP contribution in [0.4, 0.5) is 0 Å². The summed E-state index contributed by atoms with van der Waals surface area (Å²) in [6.07, 6.45) is 0. The summed E-state index contributed by atoms with van der Waals surface area (Å²) >= 11 is 0. The van der Waals surface area contributed by atoms with E-state index in [2.05, 4.69) is 0 Å². The number of phenols is 1. The molecular weight excluding hydrogens is 154 g/mol. The van der Waals surface area contributed by atoms with Crippen molar-refractivity contribution >= 4 is 0 Å². The molecule has 0 aliphatic rings. The van der Waals surface area contributed by atoms with Crippen LogP contribution in [0.15, 0.2) is 12.1 Å². The van der Waals surface area contributed by atoms with Gasteiger partial charge in [0.15, 0.2) is 0 Å². The molecule has 3 nitrogen and oxygen atoms in total. The molecule has 0 unspecified atom stereocenters. The SMILES string of the molecule is Cc1cc(C#N)cc(CO)c1O. The third-order valence-corrected chi connectivity index (χ3v) is 1.68. The Morgan fingerprint density at radius 3 is 2.67 bits per heavy atom. The molecule has 0 spiro atoms. The summed E-state index contributed by atoms with van der Waals surface area (Å²) in [5, 5.41) is 26.7. The van der Waals surface area contributed by atoms with E-state index in [1.165, 1.54) is 6.07 Å². The smallest absolute Gasteiger partial charge is 0.124 e. The van der Waals surface area contributed by atoms with Gasteiger partial charge in [0.1, 0.15) is 5.75 Å². The average molecular weight is 163 g/mol. The van der Waals surface area contributed by atoms with Crippen LogP contribution in [-0.4, -0.2) is 10.2 Å². The first-order chi connectivity index (χ1) is 5.69. The molecule has 0 atom stereocenters. The maximum atomic E-state index is 9.35. The first-order valence-corrected chi connectivity index (χ1v) is 3.52. The maximum Gasteiger partial charge on any atom is 0.124 e. The number of hydrogen-bond donors (Lipinski definition) is 2. The molecule has 0 aliphatic carbocycles. The molecule has 0 saturated heterocycles. The second-order valence-electron chi connectivity index (χ2n) is 2.57. The Morgan fingerprint density at radius 1 is 1.50 bits per heavy atom. The molecule has 2 N–H and O–H groups in total. The highest BCUT2D eigenvalue weighted by Crippen LogP contribution is 2.23. The molecular formula is C9H9NO2. The zero-order chi connectivity index (χ0) is 9.14. The minimum absolute atomic E-state index is 0.0662. The topological polar surface area (TPSA) is 64.2 Å². The van der Waals surface area contributed by atoms with Crippen LogP contribution in [0.2, 0.25) is 0 Å². The lowest BCUT2D eigenvalue weighted by Crippen LogP contribution is -1.89. The molecule has 1 rings (SSSR count). The van der Waals surface area contributed by atoms with Gasteiger partial charge in [-0.05, 0) is 24.6 Å². The molecule has 0 saturated carbocycles. The van der Waals surface area contributed by atoms with Crippen LogP contribution in [0.25, 0.3) is 0 Å². The van der Waals surface area contributed by atoms with Crippen LogP contribution in [-0.2, 0) is 6.61 Å². The molecule has 0 aromatic heterocycles. The van der Waals surface area contributed by atoms with Gasteiger partial charge < -0.3 is 10.2 Å². The fourth-order valence-corrected chi connectivity index (χ4v) is 1.04. The van der Waals surface area contributed by atoms with Crippen LogP contribution in [0, 0.1) is 18.3 Å². The van der Waals surface area contributed by atoms with Crippen molar-refractivity contribution in [2.45, 2.75) is 13.5 Å². The van der Waals surface area contributed by atoms with Crippen molar-refractivity contribution in [1.29, 1.82) is 5.26 Å². The van der Waals surface area contributed by atoms with Gasteiger partial charge in [-0.15, -0.1) is 0 Å². The molecule has 0 bridgehead atoms. The highest BCUT2D eigenvalue weighted by molar-refractivity contribution is 5.46. The second-order valence-corrected chi connectivity index (χ2v) is 2.57. The molecule has 0 radical (unpaired) electrons. The zero-order valence-electron chi connectivity index (χ0n) is 6.70. The summed E-state index contributed by atoms with van der Waals surface area (Å²) in [7, 11) is 0. The van der Waals surface area contributed by atoms with Gasteiger partial charge in [-0.1, -0.05) is 0 Å². The number of nitrogens with zero attached hydrogens (tertiary/aromatic N) is 1. The molecule has 3 heteroatoms. The number of aliphatic hydroxyl groups excluding tert-OH is 1. The Bertz CT molecular complexity index is 339. The molecule has 0 heterocycles. The molecule has 12 heavy (non-hydrogen) atoms. The zero-order valence-corrected chi connectivity index (χ0v) is 6.70. The normalized spacial score (nSPS) is 9.42. The summed E-state index contributed by atoms with van der Waals surface area (Å²) in [4.78, 5) is 0. The van der Waals surface area contributed by atoms with Gasteiger partial charge in [0, 0.05) is 5.56 Å². The predicted octanol–water partition coefficient (Wildman–Crippen LogP) is 1.06. The number of aliphatic hydroxyl groups is 1. The molecule has 0 amide bonds. The summed E-state index contributed by atoms with van der Waals surface area (Å²) < 4.78 is 0. The molecule has 1 aromatic carbocycles. The first-order valence-electron chi connectivity index (χ1n) is 3.52. The Balaban J connectivity index is 3.31. The van der Waals surface area contributed by atoms with Gasteiger partial charge in [0.05, 0.1) is 18.2 Å². The van der Waals surface area contributed by atoms with E-state index < -0.39 is 0 Å². The highest BCUT2D eigenvalue weighted by Gasteiger charge is 2.04. The number of aryl methyl sites for hydroxylation is 1. The molecule has 62 valence electrons. The highest BCUT2D eigenvalue weighted by atomic mass is 16.3. The average Bonchev–Trinajstić information content (AvgIpc) is 2.09. The largest absolute Gasteiger partial charge is 0.507 e. The standard InChI is InChI=1S/C9H9NO2/c1-6-2-7(4-10)3-8(5-11)9(6)12/h2-3,11-12H,5H2,1H3. The fraction of sp³-hybridized carbons (Fsp3) is 0.222. The van der Waals surface area contributed by atoms with E-state index in [-0.39, 0.29) is 12.4 Å². The van der Waals surface area contributed by atoms with Crippen molar-refractivity contribution in [2.75, 3.05) is 0 Å². The Hall–Kier alpha value is -1.53. The van der Waals surface area contributed by atoms with Crippen molar-refractivity contribution in [1.82, 2.24) is 0 Å². The minimum Gasteiger partial charge on any atom is -0.507 e. The van der Waals surface area contributed by atoms with Crippen molar-refractivity contribution < 1.29 is 10.2 Å². The van der Waals surface area contributed by atoms with Gasteiger partial charge in [-0.2, -0.15) is 5.26 Å². The van der Waals surface area contributed by atoms with Crippen LogP contribution in [0.1, 0.15) is 16.7 Å². The lowest BCUT2D eigenvalue weighted by atomic mass is 10.1. The van der Waals surface area contributed by atoms with Gasteiger partial charge in [-0.25, -0.2) is 0 Å². The fourth-order valence-electron chi connectivity index (χ4n) is 1.04. The lowest BCUT2D eigenvalue weighted by molar-refractivity contribution is 0.275. The number of rotatable bonds is 1. The van der Waals surface area contributed by atoms with Crippen LogP contribution in [0.5, 0.6) is 5.75 Å². The maximum absolute atomic E-state index is 9.35. The van der Waals surface area contributed by atoms with Crippen molar-refractivity contribution in [3.05, 3.63) is 28.8 Å². The van der Waals surface area contributed by atoms with Crippen LogP contribution in [0.3, 0.4) is 0 Å². The number of hydrogen-bond acceptors (Lipinski definition) is 3. The molecule has 0 fully saturated rings. The van der Waals surface area contributed by atoms with E-state index in [0.29, 0.717) is 16.7 Å².